The molecule has 5 heteroatoms. The Bertz CT molecular complexity index is 649. The van der Waals surface area contributed by atoms with E-state index in [4.69, 9.17) is 0 Å². The van der Waals surface area contributed by atoms with Gasteiger partial charge in [0.15, 0.2) is 0 Å². The second kappa shape index (κ2) is 6.13. The molecule has 0 fully saturated rings. The molecular weight excluding hydrogens is 312 g/mol. The number of hydrogen-bond acceptors (Lipinski definition) is 4. The average Bonchev–Trinajstić information content (AvgIpc) is 2.92. The fourth-order valence-electron chi connectivity index (χ4n) is 2.85. The number of thiophene rings is 1. The van der Waals surface area contributed by atoms with E-state index >= 15 is 0 Å². The highest BCUT2D eigenvalue weighted by Gasteiger charge is 2.28. The van der Waals surface area contributed by atoms with Crippen LogP contribution in [0.2, 0.25) is 0 Å². The van der Waals surface area contributed by atoms with Crippen LogP contribution in [0.3, 0.4) is 0 Å². The fraction of sp³-hybridized carbons (Fsp3) is 0.529. The van der Waals surface area contributed by atoms with E-state index < -0.39 is 0 Å². The molecule has 2 aromatic rings. The van der Waals surface area contributed by atoms with Crippen LogP contribution in [0.4, 0.5) is 0 Å². The molecule has 120 valence electrons. The van der Waals surface area contributed by atoms with Crippen molar-refractivity contribution < 1.29 is 4.79 Å². The van der Waals surface area contributed by atoms with Crippen LogP contribution in [0.1, 0.15) is 56.4 Å². The highest BCUT2D eigenvalue weighted by molar-refractivity contribution is 7.17. The number of nitrogens with one attached hydrogen (secondary N) is 1. The summed E-state index contributed by atoms with van der Waals surface area (Å²) >= 11 is 3.11. The Morgan fingerprint density at radius 3 is 2.50 bits per heavy atom. The minimum absolute atomic E-state index is 0.0225. The zero-order chi connectivity index (χ0) is 16.5. The maximum Gasteiger partial charge on any atom is 0.263 e. The summed E-state index contributed by atoms with van der Waals surface area (Å²) in [5.74, 6) is -0.0225. The topological polar surface area (TPSA) is 42.0 Å². The maximum atomic E-state index is 12.6. The fourth-order valence-corrected chi connectivity index (χ4v) is 4.52. The van der Waals surface area contributed by atoms with Crippen molar-refractivity contribution in [1.82, 2.24) is 10.3 Å². The van der Waals surface area contributed by atoms with Gasteiger partial charge in [0.2, 0.25) is 0 Å². The molecular formula is C17H24N2OS2. The van der Waals surface area contributed by atoms with Crippen molar-refractivity contribution in [2.45, 2.75) is 53.5 Å². The number of carbonyl (C=O) groups is 1. The summed E-state index contributed by atoms with van der Waals surface area (Å²) in [5, 5.41) is 8.16. The van der Waals surface area contributed by atoms with Crippen LogP contribution in [0.25, 0.3) is 10.6 Å². The largest absolute Gasteiger partial charge is 0.346 e. The summed E-state index contributed by atoms with van der Waals surface area (Å²) in [6, 6.07) is 2.04. The van der Waals surface area contributed by atoms with Crippen molar-refractivity contribution in [3.63, 3.8) is 0 Å². The highest BCUT2D eigenvalue weighted by Crippen LogP contribution is 2.31. The van der Waals surface area contributed by atoms with E-state index in [1.807, 2.05) is 18.4 Å². The number of amides is 1. The van der Waals surface area contributed by atoms with Crippen LogP contribution in [0.15, 0.2) is 16.8 Å². The van der Waals surface area contributed by atoms with Gasteiger partial charge in [-0.3, -0.25) is 4.79 Å². The van der Waals surface area contributed by atoms with Crippen molar-refractivity contribution in [2.75, 3.05) is 0 Å². The van der Waals surface area contributed by atoms with Crippen molar-refractivity contribution in [2.24, 2.45) is 5.41 Å². The van der Waals surface area contributed by atoms with Gasteiger partial charge >= 0.3 is 0 Å². The predicted molar refractivity (Wildman–Crippen MR) is 95.8 cm³/mol. The van der Waals surface area contributed by atoms with Gasteiger partial charge in [-0.2, -0.15) is 11.3 Å². The van der Waals surface area contributed by atoms with Crippen molar-refractivity contribution in [3.8, 4) is 10.6 Å². The Morgan fingerprint density at radius 2 is 1.95 bits per heavy atom. The minimum atomic E-state index is -0.242. The molecule has 2 aromatic heterocycles. The summed E-state index contributed by atoms with van der Waals surface area (Å²) in [6.07, 6.45) is 0.918. The van der Waals surface area contributed by atoms with E-state index in [1.54, 1.807) is 11.3 Å². The van der Waals surface area contributed by atoms with Gasteiger partial charge in [0.1, 0.15) is 9.88 Å². The minimum Gasteiger partial charge on any atom is -0.346 e. The number of hydrogen-bond donors (Lipinski definition) is 1. The summed E-state index contributed by atoms with van der Waals surface area (Å²) in [6.45, 7) is 12.6. The quantitative estimate of drug-likeness (QED) is 0.841. The molecule has 0 saturated carbocycles. The van der Waals surface area contributed by atoms with Crippen LogP contribution in [-0.2, 0) is 0 Å². The van der Waals surface area contributed by atoms with E-state index in [1.165, 1.54) is 11.3 Å². The molecule has 0 saturated heterocycles. The second-order valence-corrected chi connectivity index (χ2v) is 9.30. The van der Waals surface area contributed by atoms with Crippen molar-refractivity contribution >= 4 is 28.6 Å². The lowest BCUT2D eigenvalue weighted by Gasteiger charge is -2.33. The van der Waals surface area contributed by atoms with Crippen LogP contribution in [0, 0.1) is 12.3 Å². The molecule has 0 aliphatic heterocycles. The standard InChI is InChI=1S/C17H24N2OS2/c1-11-13(22-15(18-11)12-7-8-21-9-12)14(20)19-17(5,6)10-16(2,3)4/h7-9H,10H2,1-6H3,(H,19,20). The van der Waals surface area contributed by atoms with Crippen LogP contribution < -0.4 is 5.32 Å². The van der Waals surface area contributed by atoms with Gasteiger partial charge in [0.25, 0.3) is 5.91 Å². The summed E-state index contributed by atoms with van der Waals surface area (Å²) < 4.78 is 0. The van der Waals surface area contributed by atoms with Crippen molar-refractivity contribution in [1.29, 1.82) is 0 Å². The Hall–Kier alpha value is -1.20. The van der Waals surface area contributed by atoms with E-state index in [0.717, 1.165) is 22.7 Å². The molecule has 0 unspecified atom stereocenters. The molecule has 0 spiro atoms. The van der Waals surface area contributed by atoms with E-state index in [9.17, 15) is 4.79 Å². The van der Waals surface area contributed by atoms with Gasteiger partial charge in [-0.1, -0.05) is 20.8 Å². The predicted octanol–water partition coefficient (Wildman–Crippen LogP) is 5.12. The lowest BCUT2D eigenvalue weighted by molar-refractivity contribution is 0.0895. The number of aromatic nitrogens is 1. The van der Waals surface area contributed by atoms with Crippen LogP contribution >= 0.6 is 22.7 Å². The molecule has 0 aliphatic carbocycles. The van der Waals surface area contributed by atoms with Gasteiger partial charge in [-0.05, 0) is 44.1 Å². The lowest BCUT2D eigenvalue weighted by Crippen LogP contribution is -2.45. The van der Waals surface area contributed by atoms with Gasteiger partial charge in [-0.25, -0.2) is 4.98 Å². The van der Waals surface area contributed by atoms with Gasteiger partial charge < -0.3 is 5.32 Å². The van der Waals surface area contributed by atoms with E-state index in [-0.39, 0.29) is 16.9 Å². The Morgan fingerprint density at radius 1 is 1.27 bits per heavy atom. The molecule has 0 radical (unpaired) electrons. The van der Waals surface area contributed by atoms with E-state index in [0.29, 0.717) is 4.88 Å². The number of nitrogens with zero attached hydrogens (tertiary/aromatic N) is 1. The number of thiazole rings is 1. The third-order valence-corrected chi connectivity index (χ3v) is 5.08. The van der Waals surface area contributed by atoms with Gasteiger partial charge in [0, 0.05) is 16.5 Å². The molecule has 1 N–H and O–H groups in total. The molecule has 2 heterocycles. The number of aryl methyl sites for hydroxylation is 1. The average molecular weight is 337 g/mol. The first-order valence-corrected chi connectivity index (χ1v) is 9.16. The first kappa shape index (κ1) is 17.2. The molecule has 0 aliphatic rings. The molecule has 1 amide bonds. The maximum absolute atomic E-state index is 12.6. The van der Waals surface area contributed by atoms with Crippen molar-refractivity contribution in [3.05, 3.63) is 27.4 Å². The Balaban J connectivity index is 2.17. The summed E-state index contributed by atoms with van der Waals surface area (Å²) in [7, 11) is 0. The van der Waals surface area contributed by atoms with Crippen LogP contribution in [-0.4, -0.2) is 16.4 Å². The zero-order valence-corrected chi connectivity index (χ0v) is 15.7. The number of rotatable bonds is 4. The first-order valence-electron chi connectivity index (χ1n) is 7.40. The monoisotopic (exact) mass is 336 g/mol. The second-order valence-electron chi connectivity index (χ2n) is 7.52. The molecule has 22 heavy (non-hydrogen) atoms. The van der Waals surface area contributed by atoms with E-state index in [2.05, 4.69) is 50.3 Å². The smallest absolute Gasteiger partial charge is 0.263 e. The summed E-state index contributed by atoms with van der Waals surface area (Å²) in [4.78, 5) is 17.9. The third kappa shape index (κ3) is 4.40. The summed E-state index contributed by atoms with van der Waals surface area (Å²) in [5.41, 5.74) is 1.82. The molecule has 2 rings (SSSR count). The molecule has 0 bridgehead atoms. The van der Waals surface area contributed by atoms with Crippen LogP contribution in [0.5, 0.6) is 0 Å². The van der Waals surface area contributed by atoms with Gasteiger partial charge in [-0.15, -0.1) is 11.3 Å². The zero-order valence-electron chi connectivity index (χ0n) is 14.1. The first-order chi connectivity index (χ1) is 10.1. The normalized spacial score (nSPS) is 12.5. The molecule has 3 nitrogen and oxygen atoms in total. The Kier molecular flexibility index (Phi) is 4.78. The molecule has 0 aromatic carbocycles. The lowest BCUT2D eigenvalue weighted by atomic mass is 9.82. The third-order valence-electron chi connectivity index (χ3n) is 3.20. The molecule has 0 atom stereocenters. The van der Waals surface area contributed by atoms with Gasteiger partial charge in [0.05, 0.1) is 5.69 Å². The number of carbonyl (C=O) groups excluding carboxylic acids is 1. The Labute approximate surface area is 140 Å². The highest BCUT2D eigenvalue weighted by atomic mass is 32.1. The SMILES string of the molecule is Cc1nc(-c2ccsc2)sc1C(=O)NC(C)(C)CC(C)(C)C.